The normalized spacial score (nSPS) is 11.4. The fraction of sp³-hybridized carbons (Fsp3) is 0.222. The molecule has 0 aliphatic heterocycles. The maximum atomic E-state index is 13.5. The summed E-state index contributed by atoms with van der Waals surface area (Å²) in [6.45, 7) is 0. The second kappa shape index (κ2) is 4.73. The summed E-state index contributed by atoms with van der Waals surface area (Å²) < 4.78 is 31.1. The minimum atomic E-state index is -3.94. The molecule has 2 nitrogen and oxygen atoms in total. The molecule has 0 unspecified atom stereocenters. The number of esters is 1. The Hall–Kier alpha value is -0.580. The van der Waals surface area contributed by atoms with Crippen molar-refractivity contribution in [1.82, 2.24) is 0 Å². The number of halogens is 5. The van der Waals surface area contributed by atoms with Crippen LogP contribution in [0, 0.1) is 0 Å². The molecule has 16 heavy (non-hydrogen) atoms. The van der Waals surface area contributed by atoms with Crippen molar-refractivity contribution < 1.29 is 18.3 Å². The molecule has 1 rings (SSSR count). The van der Waals surface area contributed by atoms with Gasteiger partial charge in [-0.15, -0.1) is 0 Å². The fourth-order valence-corrected chi connectivity index (χ4v) is 1.81. The van der Waals surface area contributed by atoms with E-state index in [2.05, 4.69) is 4.74 Å². The largest absolute Gasteiger partial charge is 0.464 e. The van der Waals surface area contributed by atoms with Crippen LogP contribution in [0.4, 0.5) is 8.78 Å². The van der Waals surface area contributed by atoms with Gasteiger partial charge in [0, 0.05) is 0 Å². The zero-order valence-corrected chi connectivity index (χ0v) is 10.1. The summed E-state index contributed by atoms with van der Waals surface area (Å²) in [6.07, 6.45) is 0. The zero-order chi connectivity index (χ0) is 12.5. The molecule has 0 aliphatic rings. The third kappa shape index (κ3) is 2.24. The van der Waals surface area contributed by atoms with Gasteiger partial charge in [-0.3, -0.25) is 0 Å². The van der Waals surface area contributed by atoms with E-state index in [0.29, 0.717) is 0 Å². The van der Waals surface area contributed by atoms with E-state index in [0.717, 1.165) is 13.2 Å². The molecular weight excluding hydrogens is 284 g/mol. The Morgan fingerprint density at radius 1 is 1.25 bits per heavy atom. The van der Waals surface area contributed by atoms with Gasteiger partial charge >= 0.3 is 11.9 Å². The number of methoxy groups -OCH3 is 1. The molecule has 0 saturated carbocycles. The van der Waals surface area contributed by atoms with Gasteiger partial charge < -0.3 is 4.74 Å². The second-order valence-electron chi connectivity index (χ2n) is 2.78. The van der Waals surface area contributed by atoms with Crippen LogP contribution in [0.1, 0.15) is 5.56 Å². The van der Waals surface area contributed by atoms with Crippen molar-refractivity contribution in [2.75, 3.05) is 7.11 Å². The summed E-state index contributed by atoms with van der Waals surface area (Å²) >= 11 is 16.7. The van der Waals surface area contributed by atoms with E-state index in [4.69, 9.17) is 34.8 Å². The van der Waals surface area contributed by atoms with Gasteiger partial charge in [-0.25, -0.2) is 4.79 Å². The van der Waals surface area contributed by atoms with E-state index in [-0.39, 0.29) is 10.0 Å². The van der Waals surface area contributed by atoms with Crippen molar-refractivity contribution in [3.8, 4) is 0 Å². The fourth-order valence-electron chi connectivity index (χ4n) is 1.05. The molecule has 0 fully saturated rings. The van der Waals surface area contributed by atoms with Crippen molar-refractivity contribution in [1.29, 1.82) is 0 Å². The number of ether oxygens (including phenoxy) is 1. The van der Waals surface area contributed by atoms with Crippen LogP contribution in [0.2, 0.25) is 15.1 Å². The summed E-state index contributed by atoms with van der Waals surface area (Å²) in [5.74, 6) is -5.69. The molecule has 0 aliphatic carbocycles. The summed E-state index contributed by atoms with van der Waals surface area (Å²) in [5, 5.41) is -0.945. The molecule has 0 heterocycles. The minimum Gasteiger partial charge on any atom is -0.464 e. The molecule has 0 saturated heterocycles. The van der Waals surface area contributed by atoms with Crippen LogP contribution in [-0.4, -0.2) is 13.1 Å². The van der Waals surface area contributed by atoms with E-state index in [9.17, 15) is 13.6 Å². The first kappa shape index (κ1) is 13.5. The molecule has 0 atom stereocenters. The third-order valence-corrected chi connectivity index (χ3v) is 2.92. The lowest BCUT2D eigenvalue weighted by Gasteiger charge is -2.17. The molecule has 7 heteroatoms. The summed E-state index contributed by atoms with van der Waals surface area (Å²) in [4.78, 5) is 10.9. The number of carbonyl (C=O) groups is 1. The van der Waals surface area contributed by atoms with Gasteiger partial charge in [0.1, 0.15) is 0 Å². The second-order valence-corrected chi connectivity index (χ2v) is 3.98. The average molecular weight is 289 g/mol. The van der Waals surface area contributed by atoms with Gasteiger partial charge in [0.25, 0.3) is 0 Å². The van der Waals surface area contributed by atoms with Gasteiger partial charge in [-0.2, -0.15) is 8.78 Å². The Morgan fingerprint density at radius 2 is 1.75 bits per heavy atom. The summed E-state index contributed by atoms with van der Waals surface area (Å²) in [7, 11) is 0.836. The van der Waals surface area contributed by atoms with Gasteiger partial charge in [-0.1, -0.05) is 34.8 Å². The van der Waals surface area contributed by atoms with Crippen LogP contribution in [-0.2, 0) is 15.5 Å². The molecule has 0 amide bonds. The maximum absolute atomic E-state index is 13.5. The quantitative estimate of drug-likeness (QED) is 0.609. The van der Waals surface area contributed by atoms with E-state index >= 15 is 0 Å². The lowest BCUT2D eigenvalue weighted by Crippen LogP contribution is -2.28. The number of benzene rings is 1. The number of hydrogen-bond donors (Lipinski definition) is 0. The van der Waals surface area contributed by atoms with Crippen LogP contribution < -0.4 is 0 Å². The van der Waals surface area contributed by atoms with Crippen LogP contribution in [0.3, 0.4) is 0 Å². The van der Waals surface area contributed by atoms with Crippen molar-refractivity contribution >= 4 is 40.8 Å². The first-order valence-electron chi connectivity index (χ1n) is 3.92. The SMILES string of the molecule is COC(=O)C(F)(F)c1c(Cl)ccc(Cl)c1Cl. The first-order valence-corrected chi connectivity index (χ1v) is 5.06. The zero-order valence-electron chi connectivity index (χ0n) is 7.86. The van der Waals surface area contributed by atoms with E-state index < -0.39 is 22.5 Å². The molecule has 1 aromatic rings. The lowest BCUT2D eigenvalue weighted by molar-refractivity contribution is -0.170. The van der Waals surface area contributed by atoms with Crippen molar-refractivity contribution in [3.05, 3.63) is 32.8 Å². The first-order chi connectivity index (χ1) is 7.32. The van der Waals surface area contributed by atoms with Gasteiger partial charge in [0.15, 0.2) is 0 Å². The highest BCUT2D eigenvalue weighted by Crippen LogP contribution is 2.42. The summed E-state index contributed by atoms with van der Waals surface area (Å²) in [6, 6.07) is 2.38. The number of hydrogen-bond acceptors (Lipinski definition) is 2. The minimum absolute atomic E-state index is 0.121. The third-order valence-electron chi connectivity index (χ3n) is 1.80. The van der Waals surface area contributed by atoms with Crippen LogP contribution in [0.15, 0.2) is 12.1 Å². The highest BCUT2D eigenvalue weighted by atomic mass is 35.5. The topological polar surface area (TPSA) is 26.3 Å². The number of alkyl halides is 2. The molecular formula is C9H5Cl3F2O2. The monoisotopic (exact) mass is 288 g/mol. The maximum Gasteiger partial charge on any atom is 0.381 e. The molecule has 1 aromatic carbocycles. The molecule has 0 N–H and O–H groups in total. The Labute approximate surface area is 105 Å². The van der Waals surface area contributed by atoms with E-state index in [1.807, 2.05) is 0 Å². The van der Waals surface area contributed by atoms with Crippen LogP contribution in [0.5, 0.6) is 0 Å². The molecule has 0 aromatic heterocycles. The van der Waals surface area contributed by atoms with Gasteiger partial charge in [-0.05, 0) is 12.1 Å². The predicted molar refractivity (Wildman–Crippen MR) is 57.4 cm³/mol. The number of carbonyl (C=O) groups excluding carboxylic acids is 1. The smallest absolute Gasteiger partial charge is 0.381 e. The van der Waals surface area contributed by atoms with Crippen LogP contribution >= 0.6 is 34.8 Å². The Kier molecular flexibility index (Phi) is 3.99. The molecule has 0 bridgehead atoms. The van der Waals surface area contributed by atoms with Crippen molar-refractivity contribution in [3.63, 3.8) is 0 Å². The van der Waals surface area contributed by atoms with Crippen molar-refractivity contribution in [2.24, 2.45) is 0 Å². The standard InChI is InChI=1S/C9H5Cl3F2O2/c1-16-8(15)9(13,14)6-4(10)2-3-5(11)7(6)12/h2-3H,1H3. The summed E-state index contributed by atoms with van der Waals surface area (Å²) in [5.41, 5.74) is -0.852. The van der Waals surface area contributed by atoms with E-state index in [1.54, 1.807) is 0 Å². The molecule has 0 spiro atoms. The van der Waals surface area contributed by atoms with Crippen molar-refractivity contribution in [2.45, 2.75) is 5.92 Å². The predicted octanol–water partition coefficient (Wildman–Crippen LogP) is 3.91. The molecule has 0 radical (unpaired) electrons. The Morgan fingerprint density at radius 3 is 2.25 bits per heavy atom. The Bertz CT molecular complexity index is 435. The van der Waals surface area contributed by atoms with Gasteiger partial charge in [0.05, 0.1) is 27.7 Å². The average Bonchev–Trinajstić information content (AvgIpc) is 2.22. The Balaban J connectivity index is 3.43. The van der Waals surface area contributed by atoms with E-state index in [1.165, 1.54) is 6.07 Å². The number of rotatable bonds is 2. The van der Waals surface area contributed by atoms with Crippen LogP contribution in [0.25, 0.3) is 0 Å². The van der Waals surface area contributed by atoms with Gasteiger partial charge in [0.2, 0.25) is 0 Å². The highest BCUT2D eigenvalue weighted by Gasteiger charge is 2.46. The highest BCUT2D eigenvalue weighted by molar-refractivity contribution is 6.44. The molecule has 88 valence electrons. The lowest BCUT2D eigenvalue weighted by atomic mass is 10.1.